The zero-order valence-corrected chi connectivity index (χ0v) is 9.80. The Morgan fingerprint density at radius 3 is 2.81 bits per heavy atom. The van der Waals surface area contributed by atoms with Gasteiger partial charge < -0.3 is 5.11 Å². The maximum Gasteiger partial charge on any atom is 0.133 e. The molecule has 3 rings (SSSR count). The molecule has 1 N–H and O–H groups in total. The first kappa shape index (κ1) is 10.5. The monoisotopic (exact) mass is 220 g/mol. The average molecular weight is 220 g/mol. The van der Waals surface area contributed by atoms with E-state index in [1.807, 2.05) is 0 Å². The molecule has 3 fully saturated rings. The summed E-state index contributed by atoms with van der Waals surface area (Å²) in [5.74, 6) is 0.644. The lowest BCUT2D eigenvalue weighted by atomic mass is 9.56. The Morgan fingerprint density at radius 2 is 2.00 bits per heavy atom. The van der Waals surface area contributed by atoms with Gasteiger partial charge in [0.25, 0.3) is 0 Å². The van der Waals surface area contributed by atoms with Crippen molar-refractivity contribution in [3.05, 3.63) is 12.2 Å². The molecule has 3 aliphatic carbocycles. The lowest BCUT2D eigenvalue weighted by molar-refractivity contribution is -0.142. The van der Waals surface area contributed by atoms with Crippen LogP contribution in [0.2, 0.25) is 0 Å². The highest BCUT2D eigenvalue weighted by atomic mass is 16.3. The second-order valence-corrected chi connectivity index (χ2v) is 6.03. The van der Waals surface area contributed by atoms with E-state index >= 15 is 0 Å². The van der Waals surface area contributed by atoms with Crippen LogP contribution in [-0.2, 0) is 4.79 Å². The molecule has 1 spiro atoms. The van der Waals surface area contributed by atoms with E-state index in [1.165, 1.54) is 6.42 Å². The molecule has 0 amide bonds. The van der Waals surface area contributed by atoms with E-state index < -0.39 is 5.60 Å². The van der Waals surface area contributed by atoms with E-state index in [0.29, 0.717) is 18.6 Å². The van der Waals surface area contributed by atoms with Crippen LogP contribution in [0.15, 0.2) is 12.2 Å². The first-order chi connectivity index (χ1) is 7.57. The van der Waals surface area contributed by atoms with Gasteiger partial charge in [0, 0.05) is 18.3 Å². The Hall–Kier alpha value is -0.630. The van der Waals surface area contributed by atoms with Gasteiger partial charge in [0.05, 0.1) is 5.60 Å². The molecule has 0 aromatic rings. The molecule has 0 aromatic heterocycles. The van der Waals surface area contributed by atoms with Gasteiger partial charge in [-0.05, 0) is 31.6 Å². The molecule has 3 aliphatic rings. The predicted molar refractivity (Wildman–Crippen MR) is 62.0 cm³/mol. The Labute approximate surface area is 96.7 Å². The van der Waals surface area contributed by atoms with Gasteiger partial charge in [-0.2, -0.15) is 0 Å². The molecular weight excluding hydrogens is 200 g/mol. The average Bonchev–Trinajstić information content (AvgIpc) is 2.47. The SMILES string of the molecule is C=C1C[C@]2(O)CCCC[C@@]23CCC(=O)C[C@@H]13. The van der Waals surface area contributed by atoms with Gasteiger partial charge in [0.1, 0.15) is 5.78 Å². The molecule has 0 radical (unpaired) electrons. The molecule has 2 heteroatoms. The van der Waals surface area contributed by atoms with Crippen LogP contribution in [-0.4, -0.2) is 16.5 Å². The van der Waals surface area contributed by atoms with Crippen LogP contribution in [0, 0.1) is 11.3 Å². The van der Waals surface area contributed by atoms with E-state index in [9.17, 15) is 9.90 Å². The van der Waals surface area contributed by atoms with Gasteiger partial charge in [0.2, 0.25) is 0 Å². The Bertz CT molecular complexity index is 360. The van der Waals surface area contributed by atoms with E-state index in [1.54, 1.807) is 0 Å². The first-order valence-corrected chi connectivity index (χ1v) is 6.49. The highest BCUT2D eigenvalue weighted by Gasteiger charge is 2.62. The van der Waals surface area contributed by atoms with Crippen molar-refractivity contribution in [3.8, 4) is 0 Å². The third kappa shape index (κ3) is 1.14. The lowest BCUT2D eigenvalue weighted by Gasteiger charge is -2.50. The van der Waals surface area contributed by atoms with Crippen LogP contribution in [0.5, 0.6) is 0 Å². The Kier molecular flexibility index (Phi) is 2.10. The number of hydrogen-bond acceptors (Lipinski definition) is 2. The fourth-order valence-corrected chi connectivity index (χ4v) is 4.56. The van der Waals surface area contributed by atoms with Gasteiger partial charge >= 0.3 is 0 Å². The molecule has 16 heavy (non-hydrogen) atoms. The summed E-state index contributed by atoms with van der Waals surface area (Å²) in [5.41, 5.74) is 0.613. The highest BCUT2D eigenvalue weighted by Crippen LogP contribution is 2.64. The number of carbonyl (C=O) groups is 1. The van der Waals surface area contributed by atoms with Crippen molar-refractivity contribution in [2.24, 2.45) is 11.3 Å². The van der Waals surface area contributed by atoms with E-state index in [4.69, 9.17) is 0 Å². The topological polar surface area (TPSA) is 37.3 Å². The molecule has 3 saturated carbocycles. The molecule has 2 nitrogen and oxygen atoms in total. The molecule has 3 atom stereocenters. The molecule has 88 valence electrons. The minimum absolute atomic E-state index is 0.0102. The summed E-state index contributed by atoms with van der Waals surface area (Å²) in [4.78, 5) is 11.6. The summed E-state index contributed by atoms with van der Waals surface area (Å²) in [6.07, 6.45) is 7.30. The largest absolute Gasteiger partial charge is 0.389 e. The van der Waals surface area contributed by atoms with Gasteiger partial charge in [0.15, 0.2) is 0 Å². The van der Waals surface area contributed by atoms with Crippen LogP contribution in [0.25, 0.3) is 0 Å². The molecular formula is C14H20O2. The molecule has 0 unspecified atom stereocenters. The number of aliphatic hydroxyl groups is 1. The van der Waals surface area contributed by atoms with E-state index in [0.717, 1.165) is 37.7 Å². The fourth-order valence-electron chi connectivity index (χ4n) is 4.56. The van der Waals surface area contributed by atoms with Crippen molar-refractivity contribution in [1.82, 2.24) is 0 Å². The zero-order chi connectivity index (χ0) is 11.4. The molecule has 0 aliphatic heterocycles. The quantitative estimate of drug-likeness (QED) is 0.637. The number of rotatable bonds is 0. The summed E-state index contributed by atoms with van der Waals surface area (Å²) in [7, 11) is 0. The Balaban J connectivity index is 2.03. The van der Waals surface area contributed by atoms with Crippen LogP contribution in [0.4, 0.5) is 0 Å². The lowest BCUT2D eigenvalue weighted by Crippen LogP contribution is -2.51. The van der Waals surface area contributed by atoms with Crippen molar-refractivity contribution in [1.29, 1.82) is 0 Å². The predicted octanol–water partition coefficient (Wildman–Crippen LogP) is 2.61. The van der Waals surface area contributed by atoms with Crippen LogP contribution < -0.4 is 0 Å². The molecule has 0 bridgehead atoms. The van der Waals surface area contributed by atoms with Gasteiger partial charge in [-0.15, -0.1) is 0 Å². The summed E-state index contributed by atoms with van der Waals surface area (Å²) >= 11 is 0. The maximum absolute atomic E-state index is 11.6. The van der Waals surface area contributed by atoms with E-state index in [2.05, 4.69) is 6.58 Å². The number of carbonyl (C=O) groups excluding carboxylic acids is 1. The minimum atomic E-state index is -0.534. The molecule has 0 heterocycles. The second kappa shape index (κ2) is 3.19. The number of ketones is 1. The third-order valence-corrected chi connectivity index (χ3v) is 5.35. The Morgan fingerprint density at radius 1 is 1.25 bits per heavy atom. The van der Waals surface area contributed by atoms with Crippen molar-refractivity contribution in [2.75, 3.05) is 0 Å². The van der Waals surface area contributed by atoms with Crippen molar-refractivity contribution in [2.45, 2.75) is 57.0 Å². The molecule has 0 saturated heterocycles. The second-order valence-electron chi connectivity index (χ2n) is 6.03. The first-order valence-electron chi connectivity index (χ1n) is 6.49. The van der Waals surface area contributed by atoms with Crippen molar-refractivity contribution in [3.63, 3.8) is 0 Å². The summed E-state index contributed by atoms with van der Waals surface area (Å²) in [5, 5.41) is 10.9. The summed E-state index contributed by atoms with van der Waals surface area (Å²) in [6, 6.07) is 0. The molecule has 0 aromatic carbocycles. The van der Waals surface area contributed by atoms with Crippen LogP contribution in [0.3, 0.4) is 0 Å². The summed E-state index contributed by atoms with van der Waals surface area (Å²) < 4.78 is 0. The number of Topliss-reactive ketones (excluding diaryl/α,β-unsaturated/α-hetero) is 1. The number of hydrogen-bond donors (Lipinski definition) is 1. The van der Waals surface area contributed by atoms with E-state index in [-0.39, 0.29) is 11.3 Å². The highest BCUT2D eigenvalue weighted by molar-refractivity contribution is 5.80. The van der Waals surface area contributed by atoms with Gasteiger partial charge in [-0.1, -0.05) is 25.0 Å². The fraction of sp³-hybridized carbons (Fsp3) is 0.786. The maximum atomic E-state index is 11.6. The zero-order valence-electron chi connectivity index (χ0n) is 9.80. The van der Waals surface area contributed by atoms with Gasteiger partial charge in [-0.3, -0.25) is 4.79 Å². The van der Waals surface area contributed by atoms with Gasteiger partial charge in [-0.25, -0.2) is 0 Å². The normalized spacial score (nSPS) is 47.7. The smallest absolute Gasteiger partial charge is 0.133 e. The van der Waals surface area contributed by atoms with Crippen LogP contribution in [0.1, 0.15) is 51.4 Å². The van der Waals surface area contributed by atoms with Crippen LogP contribution >= 0.6 is 0 Å². The summed E-state index contributed by atoms with van der Waals surface area (Å²) in [6.45, 7) is 4.12. The minimum Gasteiger partial charge on any atom is -0.389 e. The van der Waals surface area contributed by atoms with Crippen molar-refractivity contribution < 1.29 is 9.90 Å². The third-order valence-electron chi connectivity index (χ3n) is 5.35. The standard InChI is InChI=1S/C14H20O2/c1-10-9-14(16)6-3-2-5-13(14)7-4-11(15)8-12(10)13/h12,16H,1-9H2/t12-,13-,14+/m0/s1. The van der Waals surface area contributed by atoms with Crippen molar-refractivity contribution >= 4 is 5.78 Å².